The van der Waals surface area contributed by atoms with Gasteiger partial charge in [-0.15, -0.1) is 0 Å². The van der Waals surface area contributed by atoms with E-state index in [-0.39, 0.29) is 5.91 Å². The standard InChI is InChI=1S/C14H16N4O/c19-14(13-10-15-17-16-13)18-8-6-12(7-9-18)11-4-2-1-3-5-11/h1-5,10,12H,6-9H2,(H,15,16,17). The Morgan fingerprint density at radius 2 is 1.95 bits per heavy atom. The Hall–Kier alpha value is -2.17. The van der Waals surface area contributed by atoms with E-state index in [0.29, 0.717) is 11.6 Å². The summed E-state index contributed by atoms with van der Waals surface area (Å²) in [6.45, 7) is 1.57. The van der Waals surface area contributed by atoms with Crippen molar-refractivity contribution in [3.63, 3.8) is 0 Å². The van der Waals surface area contributed by atoms with Gasteiger partial charge in [0.1, 0.15) is 0 Å². The first-order chi connectivity index (χ1) is 9.34. The first-order valence-electron chi connectivity index (χ1n) is 6.54. The van der Waals surface area contributed by atoms with Crippen LogP contribution in [0.2, 0.25) is 0 Å². The number of aromatic amines is 1. The van der Waals surface area contributed by atoms with Crippen LogP contribution in [0.4, 0.5) is 0 Å². The highest BCUT2D eigenvalue weighted by Gasteiger charge is 2.25. The Balaban J connectivity index is 1.62. The molecular formula is C14H16N4O. The van der Waals surface area contributed by atoms with Crippen LogP contribution in [0, 0.1) is 0 Å². The van der Waals surface area contributed by atoms with Gasteiger partial charge in [0.05, 0.1) is 6.20 Å². The lowest BCUT2D eigenvalue weighted by atomic mass is 9.89. The number of likely N-dealkylation sites (tertiary alicyclic amines) is 1. The fourth-order valence-electron chi connectivity index (χ4n) is 2.61. The molecule has 0 aliphatic carbocycles. The number of carbonyl (C=O) groups is 1. The zero-order valence-electron chi connectivity index (χ0n) is 10.6. The molecule has 1 aliphatic rings. The quantitative estimate of drug-likeness (QED) is 0.891. The average molecular weight is 256 g/mol. The number of nitrogens with one attached hydrogen (secondary N) is 1. The third-order valence-electron chi connectivity index (χ3n) is 3.69. The third kappa shape index (κ3) is 2.50. The predicted octanol–water partition coefficient (Wildman–Crippen LogP) is 1.82. The number of carbonyl (C=O) groups excluding carboxylic acids is 1. The summed E-state index contributed by atoms with van der Waals surface area (Å²) < 4.78 is 0. The van der Waals surface area contributed by atoms with Crippen molar-refractivity contribution in [1.29, 1.82) is 0 Å². The van der Waals surface area contributed by atoms with E-state index in [1.165, 1.54) is 11.8 Å². The van der Waals surface area contributed by atoms with Crippen LogP contribution in [0.5, 0.6) is 0 Å². The maximum Gasteiger partial charge on any atom is 0.276 e. The molecule has 5 nitrogen and oxygen atoms in total. The van der Waals surface area contributed by atoms with E-state index in [0.717, 1.165) is 25.9 Å². The molecule has 2 aromatic rings. The van der Waals surface area contributed by atoms with Crippen molar-refractivity contribution in [3.05, 3.63) is 47.8 Å². The summed E-state index contributed by atoms with van der Waals surface area (Å²) in [5.74, 6) is 0.530. The van der Waals surface area contributed by atoms with Gasteiger partial charge in [-0.25, -0.2) is 0 Å². The molecule has 2 heterocycles. The second-order valence-electron chi connectivity index (χ2n) is 4.83. The molecule has 3 rings (SSSR count). The van der Waals surface area contributed by atoms with E-state index in [9.17, 15) is 4.79 Å². The Morgan fingerprint density at radius 3 is 2.58 bits per heavy atom. The van der Waals surface area contributed by atoms with Crippen molar-refractivity contribution < 1.29 is 4.79 Å². The number of benzene rings is 1. The lowest BCUT2D eigenvalue weighted by molar-refractivity contribution is 0.0707. The van der Waals surface area contributed by atoms with Crippen molar-refractivity contribution in [2.75, 3.05) is 13.1 Å². The van der Waals surface area contributed by atoms with Crippen molar-refractivity contribution >= 4 is 5.91 Å². The van der Waals surface area contributed by atoms with Gasteiger partial charge in [-0.2, -0.15) is 15.4 Å². The number of piperidine rings is 1. The summed E-state index contributed by atoms with van der Waals surface area (Å²) in [6, 6.07) is 10.5. The Labute approximate surface area is 111 Å². The molecule has 98 valence electrons. The van der Waals surface area contributed by atoms with E-state index >= 15 is 0 Å². The number of aromatic nitrogens is 3. The van der Waals surface area contributed by atoms with Gasteiger partial charge >= 0.3 is 0 Å². The molecule has 1 saturated heterocycles. The molecule has 0 radical (unpaired) electrons. The van der Waals surface area contributed by atoms with Crippen LogP contribution in [0.15, 0.2) is 36.5 Å². The molecule has 0 atom stereocenters. The second-order valence-corrected chi connectivity index (χ2v) is 4.83. The summed E-state index contributed by atoms with van der Waals surface area (Å²) in [5, 5.41) is 10.00. The van der Waals surface area contributed by atoms with Crippen molar-refractivity contribution in [3.8, 4) is 0 Å². The van der Waals surface area contributed by atoms with Gasteiger partial charge < -0.3 is 4.90 Å². The van der Waals surface area contributed by atoms with Gasteiger partial charge in [0.25, 0.3) is 5.91 Å². The predicted molar refractivity (Wildman–Crippen MR) is 70.7 cm³/mol. The SMILES string of the molecule is O=C(c1cn[nH]n1)N1CCC(c2ccccc2)CC1. The molecule has 5 heteroatoms. The molecule has 1 N–H and O–H groups in total. The molecule has 0 unspecified atom stereocenters. The molecule has 1 aromatic heterocycles. The van der Waals surface area contributed by atoms with Crippen LogP contribution in [0.25, 0.3) is 0 Å². The van der Waals surface area contributed by atoms with E-state index in [2.05, 4.69) is 39.7 Å². The molecule has 0 bridgehead atoms. The number of hydrogen-bond acceptors (Lipinski definition) is 3. The summed E-state index contributed by atoms with van der Waals surface area (Å²) in [7, 11) is 0. The Bertz CT molecular complexity index is 530. The van der Waals surface area contributed by atoms with E-state index < -0.39 is 0 Å². The van der Waals surface area contributed by atoms with Crippen molar-refractivity contribution in [2.24, 2.45) is 0 Å². The van der Waals surface area contributed by atoms with Gasteiger partial charge in [-0.3, -0.25) is 4.79 Å². The van der Waals surface area contributed by atoms with Gasteiger partial charge in [0.2, 0.25) is 0 Å². The molecule has 0 spiro atoms. The average Bonchev–Trinajstić information content (AvgIpc) is 3.02. The van der Waals surface area contributed by atoms with E-state index in [1.807, 2.05) is 11.0 Å². The van der Waals surface area contributed by atoms with Crippen LogP contribution in [0.3, 0.4) is 0 Å². The Morgan fingerprint density at radius 1 is 1.21 bits per heavy atom. The summed E-state index contributed by atoms with van der Waals surface area (Å²) in [4.78, 5) is 14.0. The minimum Gasteiger partial charge on any atom is -0.337 e. The highest BCUT2D eigenvalue weighted by molar-refractivity contribution is 5.91. The second kappa shape index (κ2) is 5.22. The topological polar surface area (TPSA) is 61.9 Å². The van der Waals surface area contributed by atoms with Gasteiger partial charge in [-0.1, -0.05) is 30.3 Å². The molecule has 1 aliphatic heterocycles. The number of nitrogens with zero attached hydrogens (tertiary/aromatic N) is 3. The maximum atomic E-state index is 12.1. The molecular weight excluding hydrogens is 240 g/mol. The normalized spacial score (nSPS) is 16.5. The number of rotatable bonds is 2. The smallest absolute Gasteiger partial charge is 0.276 e. The minimum absolute atomic E-state index is 0.0275. The highest BCUT2D eigenvalue weighted by atomic mass is 16.2. The maximum absolute atomic E-state index is 12.1. The number of hydrogen-bond donors (Lipinski definition) is 1. The van der Waals surface area contributed by atoms with Crippen LogP contribution in [-0.4, -0.2) is 39.3 Å². The van der Waals surface area contributed by atoms with E-state index in [4.69, 9.17) is 0 Å². The van der Waals surface area contributed by atoms with Gasteiger partial charge in [0, 0.05) is 13.1 Å². The van der Waals surface area contributed by atoms with Crippen molar-refractivity contribution in [1.82, 2.24) is 20.3 Å². The Kier molecular flexibility index (Phi) is 3.27. The summed E-state index contributed by atoms with van der Waals surface area (Å²) in [5.41, 5.74) is 1.77. The molecule has 1 fully saturated rings. The summed E-state index contributed by atoms with van der Waals surface area (Å²) in [6.07, 6.45) is 3.49. The first-order valence-corrected chi connectivity index (χ1v) is 6.54. The summed E-state index contributed by atoms with van der Waals surface area (Å²) >= 11 is 0. The first kappa shape index (κ1) is 11.9. The lowest BCUT2D eigenvalue weighted by Crippen LogP contribution is -2.38. The van der Waals surface area contributed by atoms with Crippen molar-refractivity contribution in [2.45, 2.75) is 18.8 Å². The molecule has 1 aromatic carbocycles. The van der Waals surface area contributed by atoms with Gasteiger partial charge in [0.15, 0.2) is 5.69 Å². The van der Waals surface area contributed by atoms with E-state index in [1.54, 1.807) is 0 Å². The van der Waals surface area contributed by atoms with Crippen LogP contribution < -0.4 is 0 Å². The fraction of sp³-hybridized carbons (Fsp3) is 0.357. The van der Waals surface area contributed by atoms with Crippen LogP contribution in [0.1, 0.15) is 34.8 Å². The largest absolute Gasteiger partial charge is 0.337 e. The minimum atomic E-state index is -0.0275. The molecule has 1 amide bonds. The highest BCUT2D eigenvalue weighted by Crippen LogP contribution is 2.28. The zero-order chi connectivity index (χ0) is 13.1. The van der Waals surface area contributed by atoms with Gasteiger partial charge in [-0.05, 0) is 24.3 Å². The molecule has 19 heavy (non-hydrogen) atoms. The van der Waals surface area contributed by atoms with Crippen LogP contribution in [-0.2, 0) is 0 Å². The zero-order valence-corrected chi connectivity index (χ0v) is 10.6. The third-order valence-corrected chi connectivity index (χ3v) is 3.69. The monoisotopic (exact) mass is 256 g/mol. The number of amides is 1. The van der Waals surface area contributed by atoms with Crippen LogP contribution >= 0.6 is 0 Å². The molecule has 0 saturated carbocycles. The fourth-order valence-corrected chi connectivity index (χ4v) is 2.61. The number of H-pyrrole nitrogens is 1. The lowest BCUT2D eigenvalue weighted by Gasteiger charge is -2.31.